The van der Waals surface area contributed by atoms with Crippen LogP contribution in [-0.4, -0.2) is 5.24 Å². The van der Waals surface area contributed by atoms with Gasteiger partial charge in [-0.3, -0.25) is 4.79 Å². The summed E-state index contributed by atoms with van der Waals surface area (Å²) in [6.45, 7) is 0. The molecule has 0 radical (unpaired) electrons. The smallest absolute Gasteiger partial charge is 0.282 e. The molecule has 0 aliphatic carbocycles. The molecule has 10 heavy (non-hydrogen) atoms. The number of rotatable bonds is 1. The van der Waals surface area contributed by atoms with E-state index < -0.39 is 5.24 Å². The summed E-state index contributed by atoms with van der Waals surface area (Å²) in [4.78, 5) is 10.4. The third kappa shape index (κ3) is 1.65. The molecule has 0 spiro atoms. The van der Waals surface area contributed by atoms with E-state index in [0.717, 1.165) is 16.0 Å². The van der Waals surface area contributed by atoms with Gasteiger partial charge in [0.1, 0.15) is 0 Å². The van der Waals surface area contributed by atoms with Crippen molar-refractivity contribution in [2.45, 2.75) is 4.21 Å². The zero-order valence-corrected chi connectivity index (χ0v) is 6.67. The average Bonchev–Trinajstić information content (AvgIpc) is 2.15. The minimum Gasteiger partial charge on any atom is -0.397 e. The van der Waals surface area contributed by atoms with Crippen LogP contribution in [0.25, 0.3) is 0 Å². The van der Waals surface area contributed by atoms with Crippen molar-refractivity contribution in [3.8, 4) is 0 Å². The predicted molar refractivity (Wildman–Crippen MR) is 44.2 cm³/mol. The molecule has 0 aromatic carbocycles. The van der Waals surface area contributed by atoms with Crippen LogP contribution in [0.15, 0.2) is 15.7 Å². The first-order valence-corrected chi connectivity index (χ1v) is 4.20. The highest BCUT2D eigenvalue weighted by atomic mass is 32.2. The standard InChI is InChI=1S/C5H6N2OS2/c6-3-1-2-9-4(3)10-5(7)8/h1-2H,6H2,(H2,7,8). The Hall–Kier alpha value is -0.680. The van der Waals surface area contributed by atoms with Gasteiger partial charge in [-0.2, -0.15) is 0 Å². The Morgan fingerprint density at radius 1 is 1.70 bits per heavy atom. The van der Waals surface area contributed by atoms with Gasteiger partial charge in [-0.05, 0) is 23.2 Å². The predicted octanol–water partition coefficient (Wildman–Crippen LogP) is 1.50. The molecular weight excluding hydrogens is 168 g/mol. The third-order valence-corrected chi connectivity index (χ3v) is 2.73. The Balaban J connectivity index is 2.74. The van der Waals surface area contributed by atoms with E-state index in [9.17, 15) is 4.79 Å². The Kier molecular flexibility index (Phi) is 2.18. The molecule has 0 bridgehead atoms. The second-order valence-electron chi connectivity index (χ2n) is 1.58. The maximum atomic E-state index is 10.4. The molecule has 1 aromatic heterocycles. The van der Waals surface area contributed by atoms with Crippen molar-refractivity contribution in [2.75, 3.05) is 5.73 Å². The van der Waals surface area contributed by atoms with Crippen LogP contribution < -0.4 is 11.5 Å². The maximum Gasteiger partial charge on any atom is 0.282 e. The van der Waals surface area contributed by atoms with E-state index in [0.29, 0.717) is 5.69 Å². The van der Waals surface area contributed by atoms with Crippen molar-refractivity contribution in [1.82, 2.24) is 0 Å². The SMILES string of the molecule is NC(=O)Sc1sccc1N. The van der Waals surface area contributed by atoms with Crippen molar-refractivity contribution in [1.29, 1.82) is 0 Å². The summed E-state index contributed by atoms with van der Waals surface area (Å²) >= 11 is 2.38. The lowest BCUT2D eigenvalue weighted by Gasteiger charge is -1.91. The fourth-order valence-electron chi connectivity index (χ4n) is 0.480. The lowest BCUT2D eigenvalue weighted by atomic mass is 10.6. The Morgan fingerprint density at radius 3 is 2.80 bits per heavy atom. The van der Waals surface area contributed by atoms with Crippen LogP contribution in [0.5, 0.6) is 0 Å². The molecule has 3 nitrogen and oxygen atoms in total. The number of anilines is 1. The summed E-state index contributed by atoms with van der Waals surface area (Å²) in [7, 11) is 0. The fraction of sp³-hybridized carbons (Fsp3) is 0. The lowest BCUT2D eigenvalue weighted by Crippen LogP contribution is -2.01. The summed E-state index contributed by atoms with van der Waals surface area (Å²) in [6, 6.07) is 1.75. The number of carbonyl (C=O) groups is 1. The Labute approximate surface area is 66.4 Å². The fourth-order valence-corrected chi connectivity index (χ4v) is 2.00. The van der Waals surface area contributed by atoms with Gasteiger partial charge >= 0.3 is 0 Å². The maximum absolute atomic E-state index is 10.4. The van der Waals surface area contributed by atoms with Crippen molar-refractivity contribution < 1.29 is 4.79 Å². The minimum atomic E-state index is -0.422. The van der Waals surface area contributed by atoms with Crippen molar-refractivity contribution in [2.24, 2.45) is 5.73 Å². The monoisotopic (exact) mass is 174 g/mol. The van der Waals surface area contributed by atoms with Crippen molar-refractivity contribution >= 4 is 34.0 Å². The van der Waals surface area contributed by atoms with Gasteiger partial charge in [0.05, 0.1) is 9.90 Å². The number of hydrogen-bond donors (Lipinski definition) is 2. The minimum absolute atomic E-state index is 0.422. The van der Waals surface area contributed by atoms with Gasteiger partial charge in [0.15, 0.2) is 0 Å². The van der Waals surface area contributed by atoms with E-state index in [1.807, 2.05) is 5.38 Å². The van der Waals surface area contributed by atoms with Gasteiger partial charge in [-0.1, -0.05) is 0 Å². The van der Waals surface area contributed by atoms with Gasteiger partial charge in [0.2, 0.25) is 0 Å². The third-order valence-electron chi connectivity index (χ3n) is 0.852. The normalized spacial score (nSPS) is 9.60. The molecular formula is C5H6N2OS2. The van der Waals surface area contributed by atoms with E-state index in [4.69, 9.17) is 11.5 Å². The number of nitrogens with two attached hydrogens (primary N) is 2. The summed E-state index contributed by atoms with van der Waals surface area (Å²) < 4.78 is 0.771. The first-order chi connectivity index (χ1) is 4.70. The molecule has 0 aliphatic heterocycles. The van der Waals surface area contributed by atoms with E-state index in [-0.39, 0.29) is 0 Å². The molecule has 5 heteroatoms. The Bertz CT molecular complexity index is 246. The van der Waals surface area contributed by atoms with Gasteiger partial charge in [-0.15, -0.1) is 11.3 Å². The molecule has 0 aliphatic rings. The van der Waals surface area contributed by atoms with Crippen LogP contribution in [-0.2, 0) is 0 Å². The molecule has 4 N–H and O–H groups in total. The number of carbonyl (C=O) groups excluding carboxylic acids is 1. The summed E-state index contributed by atoms with van der Waals surface area (Å²) in [5, 5.41) is 1.40. The molecule has 0 saturated heterocycles. The highest BCUT2D eigenvalue weighted by Gasteiger charge is 2.03. The largest absolute Gasteiger partial charge is 0.397 e. The van der Waals surface area contributed by atoms with Crippen LogP contribution >= 0.6 is 23.1 Å². The highest BCUT2D eigenvalue weighted by Crippen LogP contribution is 2.30. The van der Waals surface area contributed by atoms with Crippen LogP contribution in [0.2, 0.25) is 0 Å². The molecule has 0 fully saturated rings. The molecule has 0 saturated carbocycles. The van der Waals surface area contributed by atoms with Gasteiger partial charge < -0.3 is 11.5 Å². The van der Waals surface area contributed by atoms with Gasteiger partial charge in [0.25, 0.3) is 5.24 Å². The summed E-state index contributed by atoms with van der Waals surface area (Å²) in [5.41, 5.74) is 11.0. The molecule has 1 amide bonds. The number of thiophene rings is 1. The number of amides is 1. The van der Waals surface area contributed by atoms with E-state index in [1.54, 1.807) is 6.07 Å². The number of hydrogen-bond acceptors (Lipinski definition) is 4. The summed E-state index contributed by atoms with van der Waals surface area (Å²) in [5.74, 6) is 0. The van der Waals surface area contributed by atoms with Crippen LogP contribution in [0.1, 0.15) is 0 Å². The Morgan fingerprint density at radius 2 is 2.40 bits per heavy atom. The second kappa shape index (κ2) is 2.94. The molecule has 1 rings (SSSR count). The number of nitrogen functional groups attached to an aromatic ring is 1. The number of thioether (sulfide) groups is 1. The summed E-state index contributed by atoms with van der Waals surface area (Å²) in [6.07, 6.45) is 0. The number of primary amides is 1. The average molecular weight is 174 g/mol. The highest BCUT2D eigenvalue weighted by molar-refractivity contribution is 8.15. The second-order valence-corrected chi connectivity index (χ2v) is 3.77. The first kappa shape index (κ1) is 7.43. The lowest BCUT2D eigenvalue weighted by molar-refractivity contribution is 0.267. The van der Waals surface area contributed by atoms with E-state index in [2.05, 4.69) is 0 Å². The topological polar surface area (TPSA) is 69.1 Å². The van der Waals surface area contributed by atoms with Crippen molar-refractivity contribution in [3.05, 3.63) is 11.4 Å². The van der Waals surface area contributed by atoms with Gasteiger partial charge in [-0.25, -0.2) is 0 Å². The van der Waals surface area contributed by atoms with E-state index >= 15 is 0 Å². The molecule has 54 valence electrons. The van der Waals surface area contributed by atoms with Gasteiger partial charge in [0, 0.05) is 0 Å². The van der Waals surface area contributed by atoms with Crippen LogP contribution in [0.4, 0.5) is 10.5 Å². The molecule has 0 unspecified atom stereocenters. The molecule has 0 atom stereocenters. The zero-order chi connectivity index (χ0) is 7.56. The molecule has 1 aromatic rings. The van der Waals surface area contributed by atoms with Crippen molar-refractivity contribution in [3.63, 3.8) is 0 Å². The quantitative estimate of drug-likeness (QED) is 0.634. The zero-order valence-electron chi connectivity index (χ0n) is 5.03. The van der Waals surface area contributed by atoms with Crippen LogP contribution in [0, 0.1) is 0 Å². The molecule has 1 heterocycles. The first-order valence-electron chi connectivity index (χ1n) is 2.50. The van der Waals surface area contributed by atoms with E-state index in [1.165, 1.54) is 11.3 Å². The van der Waals surface area contributed by atoms with Crippen LogP contribution in [0.3, 0.4) is 0 Å².